The molecule has 0 aliphatic rings. The van der Waals surface area contributed by atoms with Crippen LogP contribution in [0.2, 0.25) is 0 Å². The summed E-state index contributed by atoms with van der Waals surface area (Å²) in [7, 11) is 0. The summed E-state index contributed by atoms with van der Waals surface area (Å²) in [5, 5.41) is 13.9. The predicted octanol–water partition coefficient (Wildman–Crippen LogP) is 4.13. The van der Waals surface area contributed by atoms with E-state index in [0.29, 0.717) is 0 Å². The quantitative estimate of drug-likeness (QED) is 0.595. The van der Waals surface area contributed by atoms with Gasteiger partial charge in [0.25, 0.3) is 0 Å². The van der Waals surface area contributed by atoms with Crippen molar-refractivity contribution in [1.29, 1.82) is 0 Å². The molecule has 2 N–H and O–H groups in total. The van der Waals surface area contributed by atoms with Gasteiger partial charge in [0.15, 0.2) is 0 Å². The number of hydrogen-bond donors (Lipinski definition) is 2. The van der Waals surface area contributed by atoms with E-state index >= 15 is 0 Å². The highest BCUT2D eigenvalue weighted by atomic mass is 15.1. The van der Waals surface area contributed by atoms with Gasteiger partial charge in [0.2, 0.25) is 0 Å². The van der Waals surface area contributed by atoms with E-state index in [9.17, 15) is 0 Å². The predicted molar refractivity (Wildman–Crippen MR) is 87.0 cm³/mol. The molecule has 0 amide bonds. The Morgan fingerprint density at radius 1 is 0.455 bits per heavy atom. The lowest BCUT2D eigenvalue weighted by atomic mass is 10.0. The van der Waals surface area contributed by atoms with Crippen molar-refractivity contribution in [2.45, 2.75) is 0 Å². The first kappa shape index (κ1) is 12.6. The molecule has 22 heavy (non-hydrogen) atoms. The Kier molecular flexibility index (Phi) is 3.05. The maximum atomic E-state index is 3.98. The molecule has 0 aliphatic heterocycles. The number of H-pyrrole nitrogens is 2. The van der Waals surface area contributed by atoms with E-state index in [1.165, 1.54) is 11.1 Å². The molecule has 0 saturated heterocycles. The Bertz CT molecular complexity index is 767. The average molecular weight is 286 g/mol. The lowest BCUT2D eigenvalue weighted by molar-refractivity contribution is 1.10. The molecule has 0 atom stereocenters. The van der Waals surface area contributed by atoms with Crippen LogP contribution in [-0.2, 0) is 0 Å². The number of aromatic amines is 2. The summed E-state index contributed by atoms with van der Waals surface area (Å²) in [5.41, 5.74) is 6.71. The smallest absolute Gasteiger partial charge is 0.0650 e. The molecule has 0 fully saturated rings. The number of aromatic nitrogens is 4. The molecule has 4 aromatic rings. The van der Waals surface area contributed by atoms with E-state index < -0.39 is 0 Å². The van der Waals surface area contributed by atoms with Crippen LogP contribution in [0.15, 0.2) is 73.1 Å². The van der Waals surface area contributed by atoms with Crippen LogP contribution in [0.25, 0.3) is 33.6 Å². The molecule has 106 valence electrons. The fraction of sp³-hybridized carbons (Fsp3) is 0. The third-order valence-electron chi connectivity index (χ3n) is 3.73. The van der Waals surface area contributed by atoms with E-state index in [1.807, 2.05) is 12.1 Å². The van der Waals surface area contributed by atoms with E-state index in [0.717, 1.165) is 22.5 Å². The SMILES string of the molecule is c1cc(-c2ccc(-c3ccc(-c4ccn[nH]4)cc3)cc2)[nH]n1. The van der Waals surface area contributed by atoms with Crippen LogP contribution in [-0.4, -0.2) is 20.4 Å². The van der Waals surface area contributed by atoms with Crippen molar-refractivity contribution in [3.63, 3.8) is 0 Å². The lowest BCUT2D eigenvalue weighted by Crippen LogP contribution is -1.82. The summed E-state index contributed by atoms with van der Waals surface area (Å²) in [5.74, 6) is 0. The molecular weight excluding hydrogens is 272 g/mol. The Labute approximate surface area is 127 Å². The molecule has 2 aromatic carbocycles. The molecular formula is C18H14N4. The van der Waals surface area contributed by atoms with Crippen molar-refractivity contribution in [3.05, 3.63) is 73.1 Å². The van der Waals surface area contributed by atoms with Crippen molar-refractivity contribution in [3.8, 4) is 33.6 Å². The Hall–Kier alpha value is -3.14. The van der Waals surface area contributed by atoms with Crippen molar-refractivity contribution < 1.29 is 0 Å². The van der Waals surface area contributed by atoms with Crippen LogP contribution in [0.1, 0.15) is 0 Å². The summed E-state index contributed by atoms with van der Waals surface area (Å²) >= 11 is 0. The van der Waals surface area contributed by atoms with Crippen LogP contribution in [0.4, 0.5) is 0 Å². The fourth-order valence-corrected chi connectivity index (χ4v) is 2.52. The molecule has 0 aliphatic carbocycles. The maximum absolute atomic E-state index is 3.98. The van der Waals surface area contributed by atoms with Crippen LogP contribution < -0.4 is 0 Å². The normalized spacial score (nSPS) is 10.7. The highest BCUT2D eigenvalue weighted by Crippen LogP contribution is 2.26. The van der Waals surface area contributed by atoms with Gasteiger partial charge >= 0.3 is 0 Å². The second-order valence-corrected chi connectivity index (χ2v) is 5.10. The topological polar surface area (TPSA) is 57.4 Å². The van der Waals surface area contributed by atoms with Gasteiger partial charge in [0, 0.05) is 12.4 Å². The molecule has 4 rings (SSSR count). The average Bonchev–Trinajstić information content (AvgIpc) is 3.29. The highest BCUT2D eigenvalue weighted by Gasteiger charge is 2.03. The lowest BCUT2D eigenvalue weighted by Gasteiger charge is -2.05. The van der Waals surface area contributed by atoms with Gasteiger partial charge in [-0.2, -0.15) is 10.2 Å². The van der Waals surface area contributed by atoms with Crippen molar-refractivity contribution in [2.24, 2.45) is 0 Å². The van der Waals surface area contributed by atoms with Gasteiger partial charge in [0.05, 0.1) is 11.4 Å². The van der Waals surface area contributed by atoms with E-state index in [4.69, 9.17) is 0 Å². The third-order valence-corrected chi connectivity index (χ3v) is 3.73. The first-order chi connectivity index (χ1) is 10.9. The van der Waals surface area contributed by atoms with Gasteiger partial charge in [-0.1, -0.05) is 48.5 Å². The molecule has 0 unspecified atom stereocenters. The number of hydrogen-bond acceptors (Lipinski definition) is 2. The van der Waals surface area contributed by atoms with Crippen LogP contribution in [0, 0.1) is 0 Å². The maximum Gasteiger partial charge on any atom is 0.0650 e. The fourth-order valence-electron chi connectivity index (χ4n) is 2.52. The van der Waals surface area contributed by atoms with Crippen molar-refractivity contribution >= 4 is 0 Å². The molecule has 0 bridgehead atoms. The number of nitrogens with one attached hydrogen (secondary N) is 2. The third kappa shape index (κ3) is 2.31. The van der Waals surface area contributed by atoms with Crippen molar-refractivity contribution in [2.75, 3.05) is 0 Å². The molecule has 0 radical (unpaired) electrons. The first-order valence-corrected chi connectivity index (χ1v) is 7.10. The summed E-state index contributed by atoms with van der Waals surface area (Å²) in [4.78, 5) is 0. The molecule has 4 heteroatoms. The van der Waals surface area contributed by atoms with E-state index in [1.54, 1.807) is 12.4 Å². The highest BCUT2D eigenvalue weighted by molar-refractivity contribution is 5.71. The van der Waals surface area contributed by atoms with E-state index in [-0.39, 0.29) is 0 Å². The van der Waals surface area contributed by atoms with Crippen LogP contribution in [0.3, 0.4) is 0 Å². The minimum atomic E-state index is 1.03. The first-order valence-electron chi connectivity index (χ1n) is 7.10. The van der Waals surface area contributed by atoms with Gasteiger partial charge in [0.1, 0.15) is 0 Å². The minimum Gasteiger partial charge on any atom is -0.278 e. The zero-order valence-corrected chi connectivity index (χ0v) is 11.8. The second kappa shape index (κ2) is 5.33. The monoisotopic (exact) mass is 286 g/mol. The molecule has 0 saturated carbocycles. The zero-order valence-electron chi connectivity index (χ0n) is 11.8. The summed E-state index contributed by atoms with van der Waals surface area (Å²) in [6, 6.07) is 20.8. The van der Waals surface area contributed by atoms with Gasteiger partial charge in [-0.15, -0.1) is 0 Å². The van der Waals surface area contributed by atoms with Crippen molar-refractivity contribution in [1.82, 2.24) is 20.4 Å². The van der Waals surface area contributed by atoms with Gasteiger partial charge in [-0.3, -0.25) is 10.2 Å². The van der Waals surface area contributed by atoms with Crippen LogP contribution >= 0.6 is 0 Å². The van der Waals surface area contributed by atoms with Crippen LogP contribution in [0.5, 0.6) is 0 Å². The molecule has 2 heterocycles. The van der Waals surface area contributed by atoms with Gasteiger partial charge < -0.3 is 0 Å². The molecule has 2 aromatic heterocycles. The molecule has 0 spiro atoms. The largest absolute Gasteiger partial charge is 0.278 e. The zero-order chi connectivity index (χ0) is 14.8. The standard InChI is InChI=1S/C18H14N4/c1-5-15(17-9-11-19-21-17)6-2-13(1)14-3-7-16(8-4-14)18-10-12-20-22-18/h1-12H,(H,19,21)(H,20,22). The number of nitrogens with zero attached hydrogens (tertiary/aromatic N) is 2. The van der Waals surface area contributed by atoms with E-state index in [2.05, 4.69) is 68.9 Å². The van der Waals surface area contributed by atoms with Gasteiger partial charge in [-0.05, 0) is 34.4 Å². The minimum absolute atomic E-state index is 1.03. The summed E-state index contributed by atoms with van der Waals surface area (Å²) < 4.78 is 0. The Morgan fingerprint density at radius 2 is 0.818 bits per heavy atom. The van der Waals surface area contributed by atoms with Gasteiger partial charge in [-0.25, -0.2) is 0 Å². The summed E-state index contributed by atoms with van der Waals surface area (Å²) in [6.07, 6.45) is 3.52. The Balaban J connectivity index is 1.62. The second-order valence-electron chi connectivity index (χ2n) is 5.10. The number of benzene rings is 2. The molecule has 4 nitrogen and oxygen atoms in total. The number of rotatable bonds is 3. The summed E-state index contributed by atoms with van der Waals surface area (Å²) in [6.45, 7) is 0. The Morgan fingerprint density at radius 3 is 1.14 bits per heavy atom.